The molecule has 0 amide bonds. The SMILES string of the molecule is CCn1c(OC)cc(C(F)(F)F)nc1=Nc1ccc(C(F)(F)F)cc1C(F)(F)F. The summed E-state index contributed by atoms with van der Waals surface area (Å²) >= 11 is 0. The summed E-state index contributed by atoms with van der Waals surface area (Å²) in [6.45, 7) is 1.35. The fourth-order valence-corrected chi connectivity index (χ4v) is 2.34. The molecule has 13 heteroatoms. The fourth-order valence-electron chi connectivity index (χ4n) is 2.34. The number of ether oxygens (including phenoxy) is 1. The lowest BCUT2D eigenvalue weighted by atomic mass is 10.1. The van der Waals surface area contributed by atoms with E-state index in [1.165, 1.54) is 6.92 Å². The van der Waals surface area contributed by atoms with E-state index in [4.69, 9.17) is 4.74 Å². The van der Waals surface area contributed by atoms with Crippen LogP contribution in [0.25, 0.3) is 0 Å². The van der Waals surface area contributed by atoms with Gasteiger partial charge in [-0.3, -0.25) is 4.57 Å². The smallest absolute Gasteiger partial charge is 0.433 e. The van der Waals surface area contributed by atoms with E-state index in [1.54, 1.807) is 0 Å². The minimum atomic E-state index is -5.25. The number of methoxy groups -OCH3 is 1. The summed E-state index contributed by atoms with van der Waals surface area (Å²) in [4.78, 5) is 6.68. The number of halogens is 9. The number of nitrogens with zero attached hydrogens (tertiary/aromatic N) is 3. The number of hydrogen-bond acceptors (Lipinski definition) is 3. The van der Waals surface area contributed by atoms with Gasteiger partial charge in [0.15, 0.2) is 11.6 Å². The van der Waals surface area contributed by atoms with Crippen LogP contribution < -0.4 is 10.4 Å². The summed E-state index contributed by atoms with van der Waals surface area (Å²) in [5.74, 6) is -0.394. The van der Waals surface area contributed by atoms with Crippen molar-refractivity contribution in [1.82, 2.24) is 9.55 Å². The first-order chi connectivity index (χ1) is 13.2. The number of alkyl halides is 9. The largest absolute Gasteiger partial charge is 0.482 e. The average Bonchev–Trinajstić information content (AvgIpc) is 2.58. The van der Waals surface area contributed by atoms with Gasteiger partial charge in [-0.2, -0.15) is 39.5 Å². The molecule has 2 aromatic rings. The molecule has 0 bridgehead atoms. The van der Waals surface area contributed by atoms with Gasteiger partial charge >= 0.3 is 18.5 Å². The van der Waals surface area contributed by atoms with Crippen LogP contribution in [0.1, 0.15) is 23.7 Å². The standard InChI is InChI=1S/C16H12F9N3O/c1-3-28-12(29-2)7-11(16(23,24)25)27-13(28)26-10-5-4-8(14(17,18)19)6-9(10)15(20,21)22/h4-7H,3H2,1-2H3. The molecule has 0 saturated carbocycles. The van der Waals surface area contributed by atoms with Gasteiger partial charge < -0.3 is 4.74 Å². The molecule has 0 aliphatic rings. The Morgan fingerprint density at radius 3 is 2.00 bits per heavy atom. The van der Waals surface area contributed by atoms with Crippen molar-refractivity contribution in [2.24, 2.45) is 4.99 Å². The number of benzene rings is 1. The minimum absolute atomic E-state index is 0.0882. The van der Waals surface area contributed by atoms with Crippen molar-refractivity contribution in [3.8, 4) is 5.88 Å². The molecule has 0 unspecified atom stereocenters. The van der Waals surface area contributed by atoms with Crippen molar-refractivity contribution < 1.29 is 44.3 Å². The predicted octanol–water partition coefficient (Wildman–Crippen LogP) is 5.20. The van der Waals surface area contributed by atoms with Crippen LogP contribution in [0.15, 0.2) is 29.3 Å². The van der Waals surface area contributed by atoms with Gasteiger partial charge in [-0.1, -0.05) is 0 Å². The fraction of sp³-hybridized carbons (Fsp3) is 0.375. The highest BCUT2D eigenvalue weighted by molar-refractivity contribution is 5.50. The van der Waals surface area contributed by atoms with Gasteiger partial charge in [-0.25, -0.2) is 9.98 Å². The second kappa shape index (κ2) is 7.59. The Kier molecular flexibility index (Phi) is 5.91. The van der Waals surface area contributed by atoms with Gasteiger partial charge in [-0.15, -0.1) is 0 Å². The summed E-state index contributed by atoms with van der Waals surface area (Å²) in [5.41, 5.74) is -6.68. The molecule has 1 heterocycles. The molecule has 0 radical (unpaired) electrons. The molecule has 0 aliphatic heterocycles. The van der Waals surface area contributed by atoms with Gasteiger partial charge in [0.2, 0.25) is 5.62 Å². The monoisotopic (exact) mass is 433 g/mol. The molecule has 0 N–H and O–H groups in total. The molecule has 0 saturated heterocycles. The molecule has 1 aromatic carbocycles. The average molecular weight is 433 g/mol. The Morgan fingerprint density at radius 2 is 1.55 bits per heavy atom. The van der Waals surface area contributed by atoms with E-state index < -0.39 is 52.5 Å². The Bertz CT molecular complexity index is 956. The summed E-state index contributed by atoms with van der Waals surface area (Å²) < 4.78 is 123. The van der Waals surface area contributed by atoms with Crippen LogP contribution in [0.4, 0.5) is 45.2 Å². The zero-order valence-electron chi connectivity index (χ0n) is 14.7. The van der Waals surface area contributed by atoms with Crippen LogP contribution in [-0.4, -0.2) is 16.7 Å². The summed E-state index contributed by atoms with van der Waals surface area (Å²) in [7, 11) is 1.03. The third-order valence-electron chi connectivity index (χ3n) is 3.65. The van der Waals surface area contributed by atoms with Crippen molar-refractivity contribution in [2.45, 2.75) is 32.0 Å². The van der Waals surface area contributed by atoms with Crippen molar-refractivity contribution in [2.75, 3.05) is 7.11 Å². The molecule has 0 fully saturated rings. The number of aromatic nitrogens is 2. The lowest BCUT2D eigenvalue weighted by Gasteiger charge is -2.15. The molecular formula is C16H12F9N3O. The maximum absolute atomic E-state index is 13.3. The van der Waals surface area contributed by atoms with E-state index in [9.17, 15) is 39.5 Å². The molecule has 160 valence electrons. The van der Waals surface area contributed by atoms with E-state index >= 15 is 0 Å². The van der Waals surface area contributed by atoms with Crippen molar-refractivity contribution in [3.05, 3.63) is 46.7 Å². The molecule has 0 spiro atoms. The van der Waals surface area contributed by atoms with Crippen LogP contribution in [0, 0.1) is 0 Å². The predicted molar refractivity (Wildman–Crippen MR) is 81.1 cm³/mol. The minimum Gasteiger partial charge on any atom is -0.482 e. The van der Waals surface area contributed by atoms with Gasteiger partial charge in [-0.05, 0) is 25.1 Å². The molecule has 29 heavy (non-hydrogen) atoms. The summed E-state index contributed by atoms with van der Waals surface area (Å²) in [6.07, 6.45) is -15.3. The Hall–Kier alpha value is -2.73. The van der Waals surface area contributed by atoms with Gasteiger partial charge in [0.25, 0.3) is 0 Å². The third-order valence-corrected chi connectivity index (χ3v) is 3.65. The molecule has 0 aliphatic carbocycles. The Labute approximate surface area is 157 Å². The molecule has 1 aromatic heterocycles. The van der Waals surface area contributed by atoms with E-state index in [2.05, 4.69) is 9.98 Å². The highest BCUT2D eigenvalue weighted by Crippen LogP contribution is 2.40. The second-order valence-corrected chi connectivity index (χ2v) is 5.57. The van der Waals surface area contributed by atoms with Gasteiger partial charge in [0.1, 0.15) is 0 Å². The van der Waals surface area contributed by atoms with Crippen LogP contribution in [0.3, 0.4) is 0 Å². The van der Waals surface area contributed by atoms with Crippen molar-refractivity contribution in [1.29, 1.82) is 0 Å². The zero-order chi connectivity index (χ0) is 22.2. The first-order valence-corrected chi connectivity index (χ1v) is 7.74. The summed E-state index contributed by atoms with van der Waals surface area (Å²) in [6, 6.07) is 1.12. The third kappa shape index (κ3) is 5.01. The lowest BCUT2D eigenvalue weighted by Crippen LogP contribution is -2.28. The molecule has 2 rings (SSSR count). The maximum atomic E-state index is 13.3. The normalized spacial score (nSPS) is 13.7. The highest BCUT2D eigenvalue weighted by Gasteiger charge is 2.38. The maximum Gasteiger partial charge on any atom is 0.433 e. The Morgan fingerprint density at radius 1 is 0.931 bits per heavy atom. The first-order valence-electron chi connectivity index (χ1n) is 7.74. The quantitative estimate of drug-likeness (QED) is 0.625. The first kappa shape index (κ1) is 22.6. The topological polar surface area (TPSA) is 39.4 Å². The number of rotatable bonds is 3. The van der Waals surface area contributed by atoms with Crippen molar-refractivity contribution in [3.63, 3.8) is 0 Å². The summed E-state index contributed by atoms with van der Waals surface area (Å²) in [5, 5.41) is 0. The highest BCUT2D eigenvalue weighted by atomic mass is 19.4. The van der Waals surface area contributed by atoms with E-state index in [-0.39, 0.29) is 12.6 Å². The van der Waals surface area contributed by atoms with E-state index in [0.29, 0.717) is 18.2 Å². The van der Waals surface area contributed by atoms with Crippen LogP contribution in [-0.2, 0) is 25.1 Å². The molecule has 4 nitrogen and oxygen atoms in total. The Balaban J connectivity index is 2.86. The molecule has 0 atom stereocenters. The second-order valence-electron chi connectivity index (χ2n) is 5.57. The molecular weight excluding hydrogens is 421 g/mol. The van der Waals surface area contributed by atoms with Crippen molar-refractivity contribution >= 4 is 5.69 Å². The van der Waals surface area contributed by atoms with Crippen LogP contribution in [0.5, 0.6) is 5.88 Å². The lowest BCUT2D eigenvalue weighted by molar-refractivity contribution is -0.143. The number of hydrogen-bond donors (Lipinski definition) is 0. The van der Waals surface area contributed by atoms with Crippen LogP contribution >= 0.6 is 0 Å². The van der Waals surface area contributed by atoms with E-state index in [1.807, 2.05) is 0 Å². The van der Waals surface area contributed by atoms with Crippen LogP contribution in [0.2, 0.25) is 0 Å². The van der Waals surface area contributed by atoms with Gasteiger partial charge in [0, 0.05) is 12.6 Å². The van der Waals surface area contributed by atoms with E-state index in [0.717, 1.165) is 11.7 Å². The zero-order valence-corrected chi connectivity index (χ0v) is 14.7. The van der Waals surface area contributed by atoms with Gasteiger partial charge in [0.05, 0.1) is 23.9 Å².